The summed E-state index contributed by atoms with van der Waals surface area (Å²) < 4.78 is 0. The van der Waals surface area contributed by atoms with Crippen LogP contribution in [0.1, 0.15) is 43.2 Å². The van der Waals surface area contributed by atoms with E-state index in [0.717, 1.165) is 31.2 Å². The van der Waals surface area contributed by atoms with E-state index in [1.165, 1.54) is 6.42 Å². The molecule has 1 aromatic rings. The van der Waals surface area contributed by atoms with Crippen molar-refractivity contribution < 1.29 is 4.79 Å². The van der Waals surface area contributed by atoms with E-state index in [-0.39, 0.29) is 17.9 Å². The molecule has 1 aliphatic rings. The van der Waals surface area contributed by atoms with Gasteiger partial charge in [0.15, 0.2) is 0 Å². The lowest BCUT2D eigenvalue weighted by Crippen LogP contribution is -2.41. The van der Waals surface area contributed by atoms with Crippen LogP contribution in [0.4, 0.5) is 0 Å². The quantitative estimate of drug-likeness (QED) is 0.867. The summed E-state index contributed by atoms with van der Waals surface area (Å²) in [6.07, 6.45) is 5.24. The molecule has 2 unspecified atom stereocenters. The summed E-state index contributed by atoms with van der Waals surface area (Å²) in [5.74, 6) is 0.102. The highest BCUT2D eigenvalue weighted by Gasteiger charge is 2.29. The molecule has 0 saturated heterocycles. The van der Waals surface area contributed by atoms with E-state index in [1.807, 2.05) is 19.2 Å². The van der Waals surface area contributed by atoms with Gasteiger partial charge in [0, 0.05) is 19.6 Å². The van der Waals surface area contributed by atoms with E-state index < -0.39 is 0 Å². The van der Waals surface area contributed by atoms with Crippen molar-refractivity contribution in [3.63, 3.8) is 0 Å². The molecule has 1 aromatic carbocycles. The third-order valence-corrected chi connectivity index (χ3v) is 4.27. The minimum Gasteiger partial charge on any atom is -0.341 e. The summed E-state index contributed by atoms with van der Waals surface area (Å²) in [7, 11) is 1.83. The molecule has 0 aliphatic heterocycles. The van der Waals surface area contributed by atoms with Crippen molar-refractivity contribution in [2.75, 3.05) is 7.05 Å². The summed E-state index contributed by atoms with van der Waals surface area (Å²) >= 11 is 0. The van der Waals surface area contributed by atoms with Crippen LogP contribution < -0.4 is 5.73 Å². The smallest absolute Gasteiger partial charge is 0.227 e. The van der Waals surface area contributed by atoms with Crippen molar-refractivity contribution in [3.05, 3.63) is 35.4 Å². The lowest BCUT2D eigenvalue weighted by Gasteiger charge is -2.26. The third-order valence-electron chi connectivity index (χ3n) is 4.27. The summed E-state index contributed by atoms with van der Waals surface area (Å²) in [6, 6.07) is 9.45. The first-order chi connectivity index (χ1) is 10.1. The molecule has 112 valence electrons. The molecule has 1 saturated carbocycles. The summed E-state index contributed by atoms with van der Waals surface area (Å²) in [6.45, 7) is 0.563. The maximum absolute atomic E-state index is 12.6. The first kappa shape index (κ1) is 15.5. The molecule has 0 heterocycles. The zero-order chi connectivity index (χ0) is 15.2. The van der Waals surface area contributed by atoms with E-state index in [1.54, 1.807) is 17.0 Å². The number of nitrogens with two attached hydrogens (primary N) is 1. The fourth-order valence-corrected chi connectivity index (χ4v) is 2.96. The fourth-order valence-electron chi connectivity index (χ4n) is 2.96. The van der Waals surface area contributed by atoms with Crippen LogP contribution in [0.25, 0.3) is 0 Å². The Balaban J connectivity index is 1.99. The van der Waals surface area contributed by atoms with Crippen LogP contribution >= 0.6 is 0 Å². The summed E-state index contributed by atoms with van der Waals surface area (Å²) in [5.41, 5.74) is 7.84. The van der Waals surface area contributed by atoms with E-state index in [4.69, 9.17) is 11.0 Å². The molecule has 2 atom stereocenters. The van der Waals surface area contributed by atoms with Gasteiger partial charge in [0.2, 0.25) is 5.91 Å². The maximum Gasteiger partial charge on any atom is 0.227 e. The van der Waals surface area contributed by atoms with Crippen molar-refractivity contribution in [1.82, 2.24) is 4.90 Å². The van der Waals surface area contributed by atoms with Crippen molar-refractivity contribution in [1.29, 1.82) is 5.26 Å². The zero-order valence-electron chi connectivity index (χ0n) is 12.6. The Kier molecular flexibility index (Phi) is 5.35. The standard InChI is InChI=1S/C17H23N3O/c1-20(12-14-9-7-13(11-18)8-10-14)17(21)15-5-3-2-4-6-16(15)19/h7-10,15-16H,2-6,12,19H2,1H3. The number of carbonyl (C=O) groups is 1. The number of hydrogen-bond donors (Lipinski definition) is 1. The van der Waals surface area contributed by atoms with Gasteiger partial charge >= 0.3 is 0 Å². The Morgan fingerprint density at radius 2 is 1.95 bits per heavy atom. The van der Waals surface area contributed by atoms with Gasteiger partial charge < -0.3 is 10.6 Å². The Morgan fingerprint density at radius 3 is 2.62 bits per heavy atom. The van der Waals surface area contributed by atoms with Crippen molar-refractivity contribution in [3.8, 4) is 6.07 Å². The minimum absolute atomic E-state index is 0.0107. The Morgan fingerprint density at radius 1 is 1.29 bits per heavy atom. The molecule has 0 radical (unpaired) electrons. The van der Waals surface area contributed by atoms with E-state index >= 15 is 0 Å². The lowest BCUT2D eigenvalue weighted by molar-refractivity contribution is -0.135. The molecule has 0 spiro atoms. The fraction of sp³-hybridized carbons (Fsp3) is 0.529. The second kappa shape index (κ2) is 7.24. The lowest BCUT2D eigenvalue weighted by atomic mass is 9.94. The van der Waals surface area contributed by atoms with Crippen LogP contribution in [0.15, 0.2) is 24.3 Å². The van der Waals surface area contributed by atoms with Crippen LogP contribution in [0.2, 0.25) is 0 Å². The molecule has 2 rings (SSSR count). The maximum atomic E-state index is 12.6. The number of benzene rings is 1. The number of amides is 1. The van der Waals surface area contributed by atoms with Gasteiger partial charge in [-0.25, -0.2) is 0 Å². The molecule has 1 aliphatic carbocycles. The molecular formula is C17H23N3O. The van der Waals surface area contributed by atoms with Crippen LogP contribution in [-0.2, 0) is 11.3 Å². The SMILES string of the molecule is CN(Cc1ccc(C#N)cc1)C(=O)C1CCCCCC1N. The first-order valence-corrected chi connectivity index (χ1v) is 7.61. The van der Waals surface area contributed by atoms with E-state index in [2.05, 4.69) is 6.07 Å². The van der Waals surface area contributed by atoms with Gasteiger partial charge in [0.1, 0.15) is 0 Å². The molecule has 4 heteroatoms. The number of hydrogen-bond acceptors (Lipinski definition) is 3. The average Bonchev–Trinajstić information content (AvgIpc) is 2.71. The first-order valence-electron chi connectivity index (χ1n) is 7.61. The predicted octanol–water partition coefficient (Wildman–Crippen LogP) is 2.42. The normalized spacial score (nSPS) is 22.1. The van der Waals surface area contributed by atoms with Gasteiger partial charge in [-0.3, -0.25) is 4.79 Å². The number of rotatable bonds is 3. The van der Waals surface area contributed by atoms with Crippen LogP contribution in [0.5, 0.6) is 0 Å². The van der Waals surface area contributed by atoms with Gasteiger partial charge in [-0.2, -0.15) is 5.26 Å². The second-order valence-electron chi connectivity index (χ2n) is 5.91. The number of carbonyl (C=O) groups excluding carboxylic acids is 1. The van der Waals surface area contributed by atoms with Crippen LogP contribution in [0.3, 0.4) is 0 Å². The molecule has 1 fully saturated rings. The Labute approximate surface area is 126 Å². The minimum atomic E-state index is -0.0455. The molecule has 0 aromatic heterocycles. The van der Waals surface area contributed by atoms with Crippen LogP contribution in [0, 0.1) is 17.2 Å². The molecule has 4 nitrogen and oxygen atoms in total. The Bertz CT molecular complexity index is 518. The molecule has 2 N–H and O–H groups in total. The van der Waals surface area contributed by atoms with Crippen LogP contribution in [-0.4, -0.2) is 23.9 Å². The number of nitrogens with zero attached hydrogens (tertiary/aromatic N) is 2. The largest absolute Gasteiger partial charge is 0.341 e. The van der Waals surface area contributed by atoms with Crippen molar-refractivity contribution in [2.24, 2.45) is 11.7 Å². The second-order valence-corrected chi connectivity index (χ2v) is 5.91. The molecule has 1 amide bonds. The van der Waals surface area contributed by atoms with Gasteiger partial charge in [-0.15, -0.1) is 0 Å². The van der Waals surface area contributed by atoms with Gasteiger partial charge in [0.25, 0.3) is 0 Å². The van der Waals surface area contributed by atoms with Gasteiger partial charge in [-0.1, -0.05) is 31.4 Å². The molecular weight excluding hydrogens is 262 g/mol. The Hall–Kier alpha value is -1.86. The highest BCUT2D eigenvalue weighted by molar-refractivity contribution is 5.79. The molecule has 21 heavy (non-hydrogen) atoms. The summed E-state index contributed by atoms with van der Waals surface area (Å²) in [5, 5.41) is 8.80. The topological polar surface area (TPSA) is 70.1 Å². The van der Waals surface area contributed by atoms with Crippen molar-refractivity contribution >= 4 is 5.91 Å². The van der Waals surface area contributed by atoms with Gasteiger partial charge in [-0.05, 0) is 30.5 Å². The monoisotopic (exact) mass is 285 g/mol. The van der Waals surface area contributed by atoms with Crippen molar-refractivity contribution in [2.45, 2.75) is 44.7 Å². The summed E-state index contributed by atoms with van der Waals surface area (Å²) in [4.78, 5) is 14.3. The van der Waals surface area contributed by atoms with E-state index in [9.17, 15) is 4.79 Å². The van der Waals surface area contributed by atoms with Gasteiger partial charge in [0.05, 0.1) is 17.6 Å². The van der Waals surface area contributed by atoms with E-state index in [0.29, 0.717) is 12.1 Å². The molecule has 0 bridgehead atoms. The average molecular weight is 285 g/mol. The third kappa shape index (κ3) is 4.05. The number of nitriles is 1. The highest BCUT2D eigenvalue weighted by Crippen LogP contribution is 2.24. The zero-order valence-corrected chi connectivity index (χ0v) is 12.6. The predicted molar refractivity (Wildman–Crippen MR) is 82.2 cm³/mol. The highest BCUT2D eigenvalue weighted by atomic mass is 16.2.